The fourth-order valence-corrected chi connectivity index (χ4v) is 4.75. The van der Waals surface area contributed by atoms with E-state index in [9.17, 15) is 8.42 Å². The summed E-state index contributed by atoms with van der Waals surface area (Å²) in [6.07, 6.45) is 0. The van der Waals surface area contributed by atoms with E-state index < -0.39 is 10.0 Å². The Bertz CT molecular complexity index is 528. The van der Waals surface area contributed by atoms with Crippen molar-refractivity contribution in [1.82, 2.24) is 9.62 Å². The first kappa shape index (κ1) is 14.1. The van der Waals surface area contributed by atoms with E-state index in [0.717, 1.165) is 0 Å². The zero-order chi connectivity index (χ0) is 13.3. The molecule has 2 rings (SSSR count). The average Bonchev–Trinajstić information content (AvgIpc) is 2.28. The zero-order valence-electron chi connectivity index (χ0n) is 9.86. The largest absolute Gasteiger partial charge is 0.314 e. The van der Waals surface area contributed by atoms with Crippen LogP contribution in [0.3, 0.4) is 0 Å². The van der Waals surface area contributed by atoms with Gasteiger partial charge in [-0.15, -0.1) is 0 Å². The normalized spacial score (nSPS) is 22.1. The van der Waals surface area contributed by atoms with Gasteiger partial charge in [0.25, 0.3) is 0 Å². The second-order valence-corrected chi connectivity index (χ2v) is 6.86. The number of sulfonamides is 1. The van der Waals surface area contributed by atoms with Crippen LogP contribution < -0.4 is 5.32 Å². The Morgan fingerprint density at radius 3 is 2.50 bits per heavy atom. The van der Waals surface area contributed by atoms with Crippen LogP contribution in [0.15, 0.2) is 23.1 Å². The van der Waals surface area contributed by atoms with Gasteiger partial charge in [-0.25, -0.2) is 8.42 Å². The molecule has 1 aliphatic rings. The summed E-state index contributed by atoms with van der Waals surface area (Å²) in [5.41, 5.74) is 0. The lowest BCUT2D eigenvalue weighted by Gasteiger charge is -2.33. The van der Waals surface area contributed by atoms with Gasteiger partial charge in [0.15, 0.2) is 0 Å². The van der Waals surface area contributed by atoms with Gasteiger partial charge in [0.2, 0.25) is 10.0 Å². The lowest BCUT2D eigenvalue weighted by Crippen LogP contribution is -2.52. The molecule has 7 heteroatoms. The van der Waals surface area contributed by atoms with Crippen LogP contribution >= 0.6 is 23.2 Å². The van der Waals surface area contributed by atoms with Crippen molar-refractivity contribution in [2.75, 3.05) is 19.6 Å². The molecule has 100 valence electrons. The smallest absolute Gasteiger partial charge is 0.246 e. The number of hydrogen-bond donors (Lipinski definition) is 1. The van der Waals surface area contributed by atoms with Gasteiger partial charge in [-0.05, 0) is 19.1 Å². The molecular weight excluding hydrogens is 295 g/mol. The van der Waals surface area contributed by atoms with Gasteiger partial charge >= 0.3 is 0 Å². The predicted octanol–water partition coefficient (Wildman–Crippen LogP) is 1.98. The number of nitrogens with one attached hydrogen (secondary N) is 1. The van der Waals surface area contributed by atoms with Crippen molar-refractivity contribution in [2.24, 2.45) is 0 Å². The number of nitrogens with zero attached hydrogens (tertiary/aromatic N) is 1. The Balaban J connectivity index is 2.48. The summed E-state index contributed by atoms with van der Waals surface area (Å²) in [5, 5.41) is 3.47. The van der Waals surface area contributed by atoms with Crippen molar-refractivity contribution in [2.45, 2.75) is 17.9 Å². The summed E-state index contributed by atoms with van der Waals surface area (Å²) < 4.78 is 26.6. The fraction of sp³-hybridized carbons (Fsp3) is 0.455. The maximum atomic E-state index is 12.6. The van der Waals surface area contributed by atoms with Crippen LogP contribution in [0.1, 0.15) is 6.92 Å². The SMILES string of the molecule is CC1CNCCN1S(=O)(=O)c1c(Cl)cccc1Cl. The van der Waals surface area contributed by atoms with E-state index in [1.54, 1.807) is 6.07 Å². The number of hydrogen-bond acceptors (Lipinski definition) is 3. The van der Waals surface area contributed by atoms with Crippen LogP contribution in [0.5, 0.6) is 0 Å². The Morgan fingerprint density at radius 2 is 1.94 bits per heavy atom. The van der Waals surface area contributed by atoms with Crippen molar-refractivity contribution < 1.29 is 8.42 Å². The molecule has 1 atom stereocenters. The van der Waals surface area contributed by atoms with Crippen LogP contribution in [-0.2, 0) is 10.0 Å². The molecule has 1 saturated heterocycles. The van der Waals surface area contributed by atoms with E-state index in [0.29, 0.717) is 19.6 Å². The lowest BCUT2D eigenvalue weighted by atomic mass is 10.3. The first-order valence-corrected chi connectivity index (χ1v) is 7.81. The van der Waals surface area contributed by atoms with E-state index >= 15 is 0 Å². The second-order valence-electron chi connectivity index (χ2n) is 4.22. The Labute approximate surface area is 117 Å². The first-order chi connectivity index (χ1) is 8.44. The van der Waals surface area contributed by atoms with E-state index in [4.69, 9.17) is 23.2 Å². The molecule has 1 heterocycles. The van der Waals surface area contributed by atoms with Gasteiger partial charge in [-0.1, -0.05) is 29.3 Å². The minimum Gasteiger partial charge on any atom is -0.314 e. The maximum Gasteiger partial charge on any atom is 0.246 e. The van der Waals surface area contributed by atoms with Gasteiger partial charge < -0.3 is 5.32 Å². The minimum atomic E-state index is -3.64. The van der Waals surface area contributed by atoms with Crippen molar-refractivity contribution in [3.63, 3.8) is 0 Å². The van der Waals surface area contributed by atoms with Gasteiger partial charge in [-0.3, -0.25) is 0 Å². The predicted molar refractivity (Wildman–Crippen MR) is 72.7 cm³/mol. The van der Waals surface area contributed by atoms with Crippen molar-refractivity contribution in [3.05, 3.63) is 28.2 Å². The third-order valence-corrected chi connectivity index (χ3v) is 5.90. The van der Waals surface area contributed by atoms with Gasteiger partial charge in [-0.2, -0.15) is 4.31 Å². The molecule has 0 radical (unpaired) electrons. The van der Waals surface area contributed by atoms with Gasteiger partial charge in [0.05, 0.1) is 10.0 Å². The molecule has 1 aromatic carbocycles. The Hall–Kier alpha value is -0.330. The van der Waals surface area contributed by atoms with E-state index in [-0.39, 0.29) is 21.0 Å². The monoisotopic (exact) mass is 308 g/mol. The first-order valence-electron chi connectivity index (χ1n) is 5.61. The summed E-state index contributed by atoms with van der Waals surface area (Å²) in [4.78, 5) is 0.00193. The Kier molecular flexibility index (Phi) is 4.18. The molecule has 0 aromatic heterocycles. The van der Waals surface area contributed by atoms with Crippen LogP contribution in [0.4, 0.5) is 0 Å². The van der Waals surface area contributed by atoms with E-state index in [2.05, 4.69) is 5.32 Å². The summed E-state index contributed by atoms with van der Waals surface area (Å²) in [6.45, 7) is 3.53. The molecule has 0 saturated carbocycles. The molecule has 0 spiro atoms. The molecule has 18 heavy (non-hydrogen) atoms. The highest BCUT2D eigenvalue weighted by Crippen LogP contribution is 2.32. The van der Waals surface area contributed by atoms with Gasteiger partial charge in [0, 0.05) is 25.7 Å². The van der Waals surface area contributed by atoms with Crippen LogP contribution in [0.25, 0.3) is 0 Å². The topological polar surface area (TPSA) is 49.4 Å². The summed E-state index contributed by atoms with van der Waals surface area (Å²) in [5.74, 6) is 0. The number of rotatable bonds is 2. The van der Waals surface area contributed by atoms with E-state index in [1.807, 2.05) is 6.92 Å². The number of halogens is 2. The van der Waals surface area contributed by atoms with Crippen LogP contribution in [0.2, 0.25) is 10.0 Å². The number of piperazine rings is 1. The molecule has 1 aromatic rings. The maximum absolute atomic E-state index is 12.6. The molecule has 4 nitrogen and oxygen atoms in total. The quantitative estimate of drug-likeness (QED) is 0.909. The fourth-order valence-electron chi connectivity index (χ4n) is 2.03. The highest BCUT2D eigenvalue weighted by atomic mass is 35.5. The summed E-state index contributed by atoms with van der Waals surface area (Å²) >= 11 is 12.0. The Morgan fingerprint density at radius 1 is 1.33 bits per heavy atom. The molecule has 0 aliphatic carbocycles. The van der Waals surface area contributed by atoms with E-state index in [1.165, 1.54) is 16.4 Å². The van der Waals surface area contributed by atoms with Crippen LogP contribution in [-0.4, -0.2) is 38.4 Å². The molecule has 0 bridgehead atoms. The zero-order valence-corrected chi connectivity index (χ0v) is 12.2. The summed E-state index contributed by atoms with van der Waals surface area (Å²) in [6, 6.07) is 4.58. The average molecular weight is 309 g/mol. The minimum absolute atomic E-state index is 0.00193. The van der Waals surface area contributed by atoms with Crippen molar-refractivity contribution in [3.8, 4) is 0 Å². The standard InChI is InChI=1S/C11H14Cl2N2O2S/c1-8-7-14-5-6-15(8)18(16,17)11-9(12)3-2-4-10(11)13/h2-4,8,14H,5-7H2,1H3. The van der Waals surface area contributed by atoms with Crippen molar-refractivity contribution >= 4 is 33.2 Å². The van der Waals surface area contributed by atoms with Crippen molar-refractivity contribution in [1.29, 1.82) is 0 Å². The third-order valence-electron chi connectivity index (χ3n) is 2.93. The molecular formula is C11H14Cl2N2O2S. The number of benzene rings is 1. The van der Waals surface area contributed by atoms with Gasteiger partial charge in [0.1, 0.15) is 4.90 Å². The molecule has 1 unspecified atom stereocenters. The molecule has 1 N–H and O–H groups in total. The third kappa shape index (κ3) is 2.51. The molecule has 0 amide bonds. The second kappa shape index (κ2) is 5.35. The highest BCUT2D eigenvalue weighted by molar-refractivity contribution is 7.89. The van der Waals surface area contributed by atoms with Crippen LogP contribution in [0, 0.1) is 0 Å². The summed E-state index contributed by atoms with van der Waals surface area (Å²) in [7, 11) is -3.64. The molecule has 1 aliphatic heterocycles. The molecule has 1 fully saturated rings. The highest BCUT2D eigenvalue weighted by Gasteiger charge is 2.33. The lowest BCUT2D eigenvalue weighted by molar-refractivity contribution is 0.284.